The van der Waals surface area contributed by atoms with Gasteiger partial charge in [-0.2, -0.15) is 0 Å². The Kier molecular flexibility index (Phi) is 3.33. The minimum Gasteiger partial charge on any atom is -0.281 e. The number of likely N-dealkylation sites (N-methyl/N-ethyl adjacent to an activating group) is 1. The third-order valence-corrected chi connectivity index (χ3v) is 5.18. The molecule has 2 unspecified atom stereocenters. The highest BCUT2D eigenvalue weighted by atomic mass is 35.5. The summed E-state index contributed by atoms with van der Waals surface area (Å²) in [6.07, 6.45) is 2.81. The van der Waals surface area contributed by atoms with E-state index in [1.54, 1.807) is 0 Å². The summed E-state index contributed by atoms with van der Waals surface area (Å²) in [6.45, 7) is 2.17. The predicted molar refractivity (Wildman–Crippen MR) is 77.7 cm³/mol. The van der Waals surface area contributed by atoms with Crippen LogP contribution in [-0.4, -0.2) is 23.8 Å². The molecule has 106 valence electrons. The van der Waals surface area contributed by atoms with Crippen LogP contribution < -0.4 is 0 Å². The van der Waals surface area contributed by atoms with E-state index in [4.69, 9.17) is 11.6 Å². The molecule has 2 amide bonds. The van der Waals surface area contributed by atoms with Gasteiger partial charge in [-0.3, -0.25) is 14.5 Å². The lowest BCUT2D eigenvalue weighted by Gasteiger charge is -2.25. The summed E-state index contributed by atoms with van der Waals surface area (Å²) < 4.78 is 0. The number of halogens is 1. The van der Waals surface area contributed by atoms with Crippen LogP contribution in [0.4, 0.5) is 0 Å². The van der Waals surface area contributed by atoms with E-state index in [1.807, 2.05) is 18.2 Å². The SMILES string of the molecule is CC(C1CC1)C(Cl)c1ccc2c(c1)C(=O)N(C)C(=O)C2. The van der Waals surface area contributed by atoms with Crippen LogP contribution in [0.15, 0.2) is 18.2 Å². The largest absolute Gasteiger partial charge is 0.281 e. The van der Waals surface area contributed by atoms with Crippen molar-refractivity contribution in [1.29, 1.82) is 0 Å². The zero-order valence-electron chi connectivity index (χ0n) is 11.7. The highest BCUT2D eigenvalue weighted by Gasteiger charge is 2.34. The van der Waals surface area contributed by atoms with Gasteiger partial charge >= 0.3 is 0 Å². The maximum atomic E-state index is 12.2. The Morgan fingerprint density at radius 3 is 2.65 bits per heavy atom. The molecule has 1 aromatic rings. The molecular weight excluding hydrogens is 274 g/mol. The minimum atomic E-state index is -0.221. The Morgan fingerprint density at radius 1 is 1.30 bits per heavy atom. The summed E-state index contributed by atoms with van der Waals surface area (Å²) in [7, 11) is 1.53. The molecule has 1 aliphatic heterocycles. The van der Waals surface area contributed by atoms with E-state index in [0.29, 0.717) is 23.8 Å². The molecule has 2 atom stereocenters. The fraction of sp³-hybridized carbons (Fsp3) is 0.500. The summed E-state index contributed by atoms with van der Waals surface area (Å²) in [5.41, 5.74) is 2.42. The number of nitrogens with zero attached hydrogens (tertiary/aromatic N) is 1. The van der Waals surface area contributed by atoms with E-state index in [0.717, 1.165) is 11.1 Å². The van der Waals surface area contributed by atoms with Crippen LogP contribution in [0.3, 0.4) is 0 Å². The zero-order chi connectivity index (χ0) is 14.4. The van der Waals surface area contributed by atoms with Gasteiger partial charge in [-0.1, -0.05) is 19.1 Å². The maximum absolute atomic E-state index is 12.2. The van der Waals surface area contributed by atoms with Crippen molar-refractivity contribution >= 4 is 23.4 Å². The van der Waals surface area contributed by atoms with Crippen LogP contribution >= 0.6 is 11.6 Å². The standard InChI is InChI=1S/C16H18ClNO2/c1-9(10-3-4-10)15(17)12-6-5-11-8-14(19)18(2)16(20)13(11)7-12/h5-7,9-10,15H,3-4,8H2,1-2H3. The van der Waals surface area contributed by atoms with Crippen molar-refractivity contribution in [1.82, 2.24) is 4.90 Å². The molecule has 0 spiro atoms. The van der Waals surface area contributed by atoms with Crippen molar-refractivity contribution < 1.29 is 9.59 Å². The van der Waals surface area contributed by atoms with Crippen LogP contribution in [-0.2, 0) is 11.2 Å². The number of benzene rings is 1. The van der Waals surface area contributed by atoms with Gasteiger partial charge in [-0.05, 0) is 41.9 Å². The Labute approximate surface area is 123 Å². The van der Waals surface area contributed by atoms with Crippen molar-refractivity contribution in [2.75, 3.05) is 7.05 Å². The molecule has 0 bridgehead atoms. The van der Waals surface area contributed by atoms with Gasteiger partial charge < -0.3 is 0 Å². The lowest BCUT2D eigenvalue weighted by Crippen LogP contribution is -2.39. The topological polar surface area (TPSA) is 37.4 Å². The first-order chi connectivity index (χ1) is 9.49. The molecule has 0 N–H and O–H groups in total. The van der Waals surface area contributed by atoms with Gasteiger partial charge in [0.15, 0.2) is 0 Å². The molecule has 1 heterocycles. The number of fused-ring (bicyclic) bond motifs is 1. The normalized spacial score (nSPS) is 21.6. The van der Waals surface area contributed by atoms with Gasteiger partial charge in [0.2, 0.25) is 5.91 Å². The summed E-state index contributed by atoms with van der Waals surface area (Å²) in [5.74, 6) is 0.770. The van der Waals surface area contributed by atoms with Crippen LogP contribution in [0, 0.1) is 11.8 Å². The summed E-state index contributed by atoms with van der Waals surface area (Å²) in [6, 6.07) is 5.71. The lowest BCUT2D eigenvalue weighted by molar-refractivity contribution is -0.127. The van der Waals surface area contributed by atoms with Crippen LogP contribution in [0.1, 0.15) is 46.6 Å². The Hall–Kier alpha value is -1.35. The number of rotatable bonds is 3. The molecule has 3 rings (SSSR count). The highest BCUT2D eigenvalue weighted by molar-refractivity contribution is 6.21. The van der Waals surface area contributed by atoms with E-state index in [9.17, 15) is 9.59 Å². The Morgan fingerprint density at radius 2 is 2.00 bits per heavy atom. The zero-order valence-corrected chi connectivity index (χ0v) is 12.5. The smallest absolute Gasteiger partial charge is 0.260 e. The van der Waals surface area contributed by atoms with E-state index < -0.39 is 0 Å². The molecule has 1 saturated carbocycles. The molecule has 0 aromatic heterocycles. The molecule has 0 radical (unpaired) electrons. The number of imide groups is 1. The summed E-state index contributed by atoms with van der Waals surface area (Å²) >= 11 is 6.56. The van der Waals surface area contributed by atoms with Crippen LogP contribution in [0.5, 0.6) is 0 Å². The maximum Gasteiger partial charge on any atom is 0.260 e. The number of amides is 2. The first-order valence-electron chi connectivity index (χ1n) is 7.07. The van der Waals surface area contributed by atoms with E-state index in [-0.39, 0.29) is 17.2 Å². The highest BCUT2D eigenvalue weighted by Crippen LogP contribution is 2.45. The summed E-state index contributed by atoms with van der Waals surface area (Å²) in [4.78, 5) is 25.0. The first-order valence-corrected chi connectivity index (χ1v) is 7.50. The average Bonchev–Trinajstić information content (AvgIpc) is 3.27. The van der Waals surface area contributed by atoms with Gasteiger partial charge in [-0.25, -0.2) is 0 Å². The van der Waals surface area contributed by atoms with Gasteiger partial charge in [0.1, 0.15) is 0 Å². The van der Waals surface area contributed by atoms with Crippen LogP contribution in [0.2, 0.25) is 0 Å². The molecular formula is C16H18ClNO2. The van der Waals surface area contributed by atoms with Crippen molar-refractivity contribution in [3.8, 4) is 0 Å². The monoisotopic (exact) mass is 291 g/mol. The first kappa shape index (κ1) is 13.6. The average molecular weight is 292 g/mol. The predicted octanol–water partition coefficient (Wildman–Crippen LogP) is 3.17. The van der Waals surface area contributed by atoms with Crippen LogP contribution in [0.25, 0.3) is 0 Å². The van der Waals surface area contributed by atoms with Crippen molar-refractivity contribution in [3.63, 3.8) is 0 Å². The number of carbonyl (C=O) groups is 2. The van der Waals surface area contributed by atoms with Crippen molar-refractivity contribution in [3.05, 3.63) is 34.9 Å². The lowest BCUT2D eigenvalue weighted by atomic mass is 9.91. The van der Waals surface area contributed by atoms with Crippen molar-refractivity contribution in [2.45, 2.75) is 31.6 Å². The van der Waals surface area contributed by atoms with E-state index in [2.05, 4.69) is 6.92 Å². The molecule has 4 heteroatoms. The number of carbonyl (C=O) groups excluding carboxylic acids is 2. The molecule has 0 saturated heterocycles. The van der Waals surface area contributed by atoms with E-state index >= 15 is 0 Å². The molecule has 1 aromatic carbocycles. The number of hydrogen-bond acceptors (Lipinski definition) is 2. The second-order valence-corrected chi connectivity index (χ2v) is 6.42. The van der Waals surface area contributed by atoms with E-state index in [1.165, 1.54) is 24.8 Å². The second-order valence-electron chi connectivity index (χ2n) is 5.95. The molecule has 1 fully saturated rings. The summed E-state index contributed by atoms with van der Waals surface area (Å²) in [5, 5.41) is -0.0662. The van der Waals surface area contributed by atoms with Crippen molar-refractivity contribution in [2.24, 2.45) is 11.8 Å². The Bertz CT molecular complexity index is 580. The van der Waals surface area contributed by atoms with Gasteiger partial charge in [0.25, 0.3) is 5.91 Å². The Balaban J connectivity index is 1.92. The molecule has 20 heavy (non-hydrogen) atoms. The molecule has 2 aliphatic rings. The third-order valence-electron chi connectivity index (χ3n) is 4.53. The third kappa shape index (κ3) is 2.24. The second kappa shape index (κ2) is 4.88. The fourth-order valence-corrected chi connectivity index (χ4v) is 3.20. The van der Waals surface area contributed by atoms with Gasteiger partial charge in [-0.15, -0.1) is 11.6 Å². The number of hydrogen-bond donors (Lipinski definition) is 0. The van der Waals surface area contributed by atoms with Gasteiger partial charge in [0.05, 0.1) is 11.8 Å². The minimum absolute atomic E-state index is 0.0662. The number of alkyl halides is 1. The fourth-order valence-electron chi connectivity index (χ4n) is 2.86. The quantitative estimate of drug-likeness (QED) is 0.634. The molecule has 3 nitrogen and oxygen atoms in total. The molecule has 1 aliphatic carbocycles. The van der Waals surface area contributed by atoms with Gasteiger partial charge in [0, 0.05) is 12.6 Å².